The first-order chi connectivity index (χ1) is 17.0. The fourth-order valence-electron chi connectivity index (χ4n) is 3.82. The largest absolute Gasteiger partial charge is 0.480 e. The number of carbonyl (C=O) groups excluding carboxylic acids is 4. The molecular formula is C22H39N5O7S2. The standard InChI is InChI=1S/C22H39N5O7S2/c1-12(2)9-13(23)21(32)27-7-4-5-17(27)20(31)26-16(11-35)19(30)24-14(6-8-36-3)18(29)25-15(10-28)22(33)34/h12-17,28,35H,4-11,23H2,1-3H3,(H,24,30)(H,25,29)(H,26,31)(H,33,34)/t13-,14-,15-,16-,17-/m0/s1. The van der Waals surface area contributed by atoms with Gasteiger partial charge in [0.25, 0.3) is 0 Å². The number of aliphatic hydroxyl groups is 1. The number of aliphatic hydroxyl groups excluding tert-OH is 1. The summed E-state index contributed by atoms with van der Waals surface area (Å²) in [6.45, 7) is 3.50. The molecule has 4 amide bonds. The number of thiol groups is 1. The first-order valence-corrected chi connectivity index (χ1v) is 13.9. The van der Waals surface area contributed by atoms with E-state index in [0.717, 1.165) is 0 Å². The lowest BCUT2D eigenvalue weighted by Gasteiger charge is -2.29. The highest BCUT2D eigenvalue weighted by Crippen LogP contribution is 2.20. The summed E-state index contributed by atoms with van der Waals surface area (Å²) in [5.41, 5.74) is 6.03. The zero-order valence-electron chi connectivity index (χ0n) is 20.9. The van der Waals surface area contributed by atoms with E-state index in [1.807, 2.05) is 20.1 Å². The SMILES string of the molecule is CSCC[C@H](NC(=O)[C@H](CS)NC(=O)[C@@H]1CCCN1C(=O)[C@@H](N)CC(C)C)C(=O)N[C@@H](CO)C(=O)O. The number of nitrogens with two attached hydrogens (primary N) is 1. The molecule has 1 aliphatic heterocycles. The van der Waals surface area contributed by atoms with Crippen molar-refractivity contribution in [3.05, 3.63) is 0 Å². The maximum atomic E-state index is 13.0. The normalized spacial score (nSPS) is 18.8. The van der Waals surface area contributed by atoms with Crippen LogP contribution in [0.4, 0.5) is 0 Å². The van der Waals surface area contributed by atoms with Gasteiger partial charge in [-0.3, -0.25) is 19.2 Å². The smallest absolute Gasteiger partial charge is 0.328 e. The third-order valence-electron chi connectivity index (χ3n) is 5.74. The minimum atomic E-state index is -1.51. The Morgan fingerprint density at radius 3 is 2.22 bits per heavy atom. The summed E-state index contributed by atoms with van der Waals surface area (Å²) >= 11 is 5.58. The van der Waals surface area contributed by atoms with Gasteiger partial charge >= 0.3 is 5.97 Å². The molecule has 0 bridgehead atoms. The molecule has 206 valence electrons. The second kappa shape index (κ2) is 15.9. The number of hydrogen-bond acceptors (Lipinski definition) is 9. The highest BCUT2D eigenvalue weighted by molar-refractivity contribution is 7.98. The van der Waals surface area contributed by atoms with Gasteiger partial charge in [-0.15, -0.1) is 0 Å². The molecule has 5 atom stereocenters. The van der Waals surface area contributed by atoms with Crippen LogP contribution in [0.1, 0.15) is 39.5 Å². The van der Waals surface area contributed by atoms with Gasteiger partial charge in [0.2, 0.25) is 23.6 Å². The van der Waals surface area contributed by atoms with E-state index in [1.54, 1.807) is 0 Å². The Bertz CT molecular complexity index is 786. The van der Waals surface area contributed by atoms with E-state index >= 15 is 0 Å². The zero-order valence-corrected chi connectivity index (χ0v) is 22.6. The number of aliphatic carboxylic acids is 1. The van der Waals surface area contributed by atoms with Crippen LogP contribution in [-0.4, -0.2) is 106 Å². The Hall–Kier alpha value is -2.03. The van der Waals surface area contributed by atoms with Gasteiger partial charge in [0.1, 0.15) is 24.2 Å². The molecule has 0 aromatic carbocycles. The van der Waals surface area contributed by atoms with E-state index in [2.05, 4.69) is 28.6 Å². The van der Waals surface area contributed by atoms with Crippen molar-refractivity contribution in [1.29, 1.82) is 0 Å². The van der Waals surface area contributed by atoms with Crippen LogP contribution in [0.15, 0.2) is 0 Å². The summed E-state index contributed by atoms with van der Waals surface area (Å²) in [4.78, 5) is 63.9. The van der Waals surface area contributed by atoms with Crippen LogP contribution in [0.2, 0.25) is 0 Å². The number of carbonyl (C=O) groups is 5. The maximum absolute atomic E-state index is 13.0. The molecule has 0 saturated carbocycles. The van der Waals surface area contributed by atoms with Crippen LogP contribution in [-0.2, 0) is 24.0 Å². The zero-order chi connectivity index (χ0) is 27.4. The number of carboxylic acids is 1. The fraction of sp³-hybridized carbons (Fsp3) is 0.773. The van der Waals surface area contributed by atoms with Crippen molar-refractivity contribution in [3.8, 4) is 0 Å². The van der Waals surface area contributed by atoms with Crippen molar-refractivity contribution < 1.29 is 34.2 Å². The minimum absolute atomic E-state index is 0.0731. The van der Waals surface area contributed by atoms with E-state index in [-0.39, 0.29) is 24.0 Å². The molecule has 14 heteroatoms. The molecule has 12 nitrogen and oxygen atoms in total. The third-order valence-corrected chi connectivity index (χ3v) is 6.75. The quantitative estimate of drug-likeness (QED) is 0.120. The highest BCUT2D eigenvalue weighted by Gasteiger charge is 2.38. The van der Waals surface area contributed by atoms with E-state index in [9.17, 15) is 29.1 Å². The first kappa shape index (κ1) is 32.0. The van der Waals surface area contributed by atoms with Crippen LogP contribution in [0.25, 0.3) is 0 Å². The molecule has 0 unspecified atom stereocenters. The molecule has 36 heavy (non-hydrogen) atoms. The Morgan fingerprint density at radius 1 is 1.08 bits per heavy atom. The van der Waals surface area contributed by atoms with Crippen molar-refractivity contribution in [2.24, 2.45) is 11.7 Å². The topological polar surface area (TPSA) is 191 Å². The number of amides is 4. The molecule has 0 aromatic rings. The van der Waals surface area contributed by atoms with Crippen molar-refractivity contribution >= 4 is 54.0 Å². The average Bonchev–Trinajstić information content (AvgIpc) is 3.31. The lowest BCUT2D eigenvalue weighted by molar-refractivity contribution is -0.143. The molecule has 1 aliphatic rings. The Labute approximate surface area is 221 Å². The van der Waals surface area contributed by atoms with Gasteiger partial charge in [-0.1, -0.05) is 13.8 Å². The Morgan fingerprint density at radius 2 is 1.69 bits per heavy atom. The van der Waals surface area contributed by atoms with Crippen molar-refractivity contribution in [1.82, 2.24) is 20.9 Å². The van der Waals surface area contributed by atoms with E-state index in [4.69, 9.17) is 10.8 Å². The molecule has 0 aliphatic carbocycles. The van der Waals surface area contributed by atoms with Crippen molar-refractivity contribution in [2.75, 3.05) is 30.9 Å². The Kier molecular flexibility index (Phi) is 14.2. The van der Waals surface area contributed by atoms with Gasteiger partial charge in [0.15, 0.2) is 0 Å². The third kappa shape index (κ3) is 9.79. The van der Waals surface area contributed by atoms with Crippen LogP contribution >= 0.6 is 24.4 Å². The van der Waals surface area contributed by atoms with Gasteiger partial charge in [0, 0.05) is 12.3 Å². The van der Waals surface area contributed by atoms with Gasteiger partial charge in [-0.25, -0.2) is 4.79 Å². The molecule has 0 aromatic heterocycles. The molecule has 1 fully saturated rings. The van der Waals surface area contributed by atoms with Crippen molar-refractivity contribution in [3.63, 3.8) is 0 Å². The van der Waals surface area contributed by atoms with Gasteiger partial charge in [-0.2, -0.15) is 24.4 Å². The van der Waals surface area contributed by atoms with Gasteiger partial charge in [0.05, 0.1) is 12.6 Å². The predicted molar refractivity (Wildman–Crippen MR) is 140 cm³/mol. The second-order valence-electron chi connectivity index (χ2n) is 9.09. The number of carboxylic acid groups (broad SMARTS) is 1. The number of thioether (sulfide) groups is 1. The summed E-state index contributed by atoms with van der Waals surface area (Å²) in [6.07, 6.45) is 3.56. The number of nitrogens with one attached hydrogen (secondary N) is 3. The summed E-state index contributed by atoms with van der Waals surface area (Å²) in [6, 6.07) is -5.18. The molecule has 1 heterocycles. The Balaban J connectivity index is 2.87. The summed E-state index contributed by atoms with van der Waals surface area (Å²) < 4.78 is 0. The summed E-state index contributed by atoms with van der Waals surface area (Å²) in [5, 5.41) is 25.6. The number of rotatable bonds is 15. The highest BCUT2D eigenvalue weighted by atomic mass is 32.2. The van der Waals surface area contributed by atoms with Crippen LogP contribution < -0.4 is 21.7 Å². The van der Waals surface area contributed by atoms with Crippen LogP contribution in [0.3, 0.4) is 0 Å². The molecule has 7 N–H and O–H groups in total. The molecule has 0 spiro atoms. The average molecular weight is 550 g/mol. The molecule has 1 saturated heterocycles. The predicted octanol–water partition coefficient (Wildman–Crippen LogP) is -1.43. The van der Waals surface area contributed by atoms with Gasteiger partial charge in [-0.05, 0) is 43.6 Å². The second-order valence-corrected chi connectivity index (χ2v) is 10.4. The van der Waals surface area contributed by atoms with Gasteiger partial charge < -0.3 is 36.8 Å². The van der Waals surface area contributed by atoms with Crippen LogP contribution in [0, 0.1) is 5.92 Å². The lowest BCUT2D eigenvalue weighted by Crippen LogP contribution is -2.59. The number of nitrogens with zero attached hydrogens (tertiary/aromatic N) is 1. The number of likely N-dealkylation sites (tertiary alicyclic amines) is 1. The van der Waals surface area contributed by atoms with E-state index < -0.39 is 60.5 Å². The van der Waals surface area contributed by atoms with Crippen LogP contribution in [0.5, 0.6) is 0 Å². The monoisotopic (exact) mass is 549 g/mol. The minimum Gasteiger partial charge on any atom is -0.480 e. The van der Waals surface area contributed by atoms with Crippen molar-refractivity contribution in [2.45, 2.75) is 69.7 Å². The first-order valence-electron chi connectivity index (χ1n) is 11.9. The lowest BCUT2D eigenvalue weighted by atomic mass is 10.0. The van der Waals surface area contributed by atoms with E-state index in [0.29, 0.717) is 31.6 Å². The molecule has 1 rings (SSSR count). The fourth-order valence-corrected chi connectivity index (χ4v) is 4.55. The molecule has 0 radical (unpaired) electrons. The number of hydrogen-bond donors (Lipinski definition) is 7. The maximum Gasteiger partial charge on any atom is 0.328 e. The van der Waals surface area contributed by atoms with E-state index in [1.165, 1.54) is 16.7 Å². The summed E-state index contributed by atoms with van der Waals surface area (Å²) in [7, 11) is 0. The summed E-state index contributed by atoms with van der Waals surface area (Å²) in [5.74, 6) is -3.04. The molecular weight excluding hydrogens is 510 g/mol.